The Bertz CT molecular complexity index is 1170. The second kappa shape index (κ2) is 5.74. The van der Waals surface area contributed by atoms with Crippen molar-refractivity contribution < 1.29 is 13.2 Å². The molecule has 0 radical (unpaired) electrons. The minimum atomic E-state index is -4.48. The van der Waals surface area contributed by atoms with E-state index < -0.39 is 17.3 Å². The number of pyridine rings is 1. The second-order valence-electron chi connectivity index (χ2n) is 6.24. The zero-order valence-electron chi connectivity index (χ0n) is 13.8. The molecule has 0 bridgehead atoms. The molecule has 7 heteroatoms. The molecule has 0 amide bonds. The van der Waals surface area contributed by atoms with Crippen LogP contribution in [-0.2, 0) is 12.6 Å². The van der Waals surface area contributed by atoms with Crippen molar-refractivity contribution in [1.29, 1.82) is 5.26 Å². The Morgan fingerprint density at radius 2 is 1.74 bits per heavy atom. The lowest BCUT2D eigenvalue weighted by molar-refractivity contribution is -0.137. The summed E-state index contributed by atoms with van der Waals surface area (Å²) in [5.74, 6) is -0.0855. The first-order valence-corrected chi connectivity index (χ1v) is 8.06. The molecule has 2 N–H and O–H groups in total. The maximum Gasteiger partial charge on any atom is 0.416 e. The highest BCUT2D eigenvalue weighted by Gasteiger charge is 2.31. The monoisotopic (exact) mass is 367 g/mol. The Labute approximate surface area is 151 Å². The molecule has 0 saturated carbocycles. The van der Waals surface area contributed by atoms with Crippen molar-refractivity contribution in [2.24, 2.45) is 0 Å². The molecule has 4 nitrogen and oxygen atoms in total. The van der Waals surface area contributed by atoms with E-state index in [0.29, 0.717) is 17.5 Å². The Morgan fingerprint density at radius 3 is 2.37 bits per heavy atom. The van der Waals surface area contributed by atoms with Crippen LogP contribution in [-0.4, -0.2) is 4.57 Å². The highest BCUT2D eigenvalue weighted by atomic mass is 19.4. The first kappa shape index (κ1) is 16.9. The molecule has 1 heterocycles. The summed E-state index contributed by atoms with van der Waals surface area (Å²) in [6.45, 7) is 0. The summed E-state index contributed by atoms with van der Waals surface area (Å²) < 4.78 is 39.5. The van der Waals surface area contributed by atoms with Crippen LogP contribution in [0.15, 0.2) is 53.3 Å². The van der Waals surface area contributed by atoms with Crippen molar-refractivity contribution in [2.75, 3.05) is 5.73 Å². The van der Waals surface area contributed by atoms with Gasteiger partial charge in [-0.2, -0.15) is 18.4 Å². The summed E-state index contributed by atoms with van der Waals surface area (Å²) in [5, 5.41) is 9.63. The molecule has 134 valence electrons. The minimum absolute atomic E-state index is 0.0855. The predicted molar refractivity (Wildman–Crippen MR) is 94.4 cm³/mol. The number of nitrogens with zero attached hydrogens (tertiary/aromatic N) is 2. The third-order valence-corrected chi connectivity index (χ3v) is 4.73. The average Bonchev–Trinajstić information content (AvgIpc) is 3.02. The zero-order chi connectivity index (χ0) is 19.3. The van der Waals surface area contributed by atoms with E-state index in [4.69, 9.17) is 5.73 Å². The molecule has 0 spiro atoms. The number of rotatable bonds is 1. The molecule has 0 saturated heterocycles. The van der Waals surface area contributed by atoms with Crippen molar-refractivity contribution in [3.63, 3.8) is 0 Å². The molecule has 3 aromatic rings. The SMILES string of the molecule is N#Cc1c2c(c(=O)n(-c3ccc(C(F)(F)F)cc3)c1N)Cc1ccccc1-2. The summed E-state index contributed by atoms with van der Waals surface area (Å²) in [7, 11) is 0. The van der Waals surface area contributed by atoms with Gasteiger partial charge in [-0.1, -0.05) is 24.3 Å². The number of anilines is 1. The van der Waals surface area contributed by atoms with Crippen molar-refractivity contribution in [2.45, 2.75) is 12.6 Å². The van der Waals surface area contributed by atoms with Crippen molar-refractivity contribution in [3.8, 4) is 22.9 Å². The smallest absolute Gasteiger partial charge is 0.384 e. The van der Waals surface area contributed by atoms with Gasteiger partial charge in [0.15, 0.2) is 0 Å². The third-order valence-electron chi connectivity index (χ3n) is 4.73. The lowest BCUT2D eigenvalue weighted by Gasteiger charge is -2.15. The maximum atomic E-state index is 13.1. The first-order chi connectivity index (χ1) is 12.8. The normalized spacial score (nSPS) is 12.4. The predicted octanol–water partition coefficient (Wildman–Crippen LogP) is 3.88. The standard InChI is InChI=1S/C20H12F3N3O/c21-20(22,23)12-5-7-13(8-6-12)26-18(25)16(10-24)17-14-4-2-1-3-11(14)9-15(17)19(26)27/h1-8H,9,25H2. The molecule has 1 aromatic heterocycles. The van der Waals surface area contributed by atoms with Crippen LogP contribution in [0.25, 0.3) is 16.8 Å². The summed E-state index contributed by atoms with van der Waals surface area (Å²) in [6, 6.07) is 13.5. The molecule has 2 aromatic carbocycles. The quantitative estimate of drug-likeness (QED) is 0.555. The lowest BCUT2D eigenvalue weighted by Crippen LogP contribution is -2.26. The number of hydrogen-bond donors (Lipinski definition) is 1. The largest absolute Gasteiger partial charge is 0.416 e. The van der Waals surface area contributed by atoms with Crippen LogP contribution in [0.4, 0.5) is 19.0 Å². The van der Waals surface area contributed by atoms with Crippen LogP contribution >= 0.6 is 0 Å². The molecule has 1 aliphatic rings. The number of hydrogen-bond acceptors (Lipinski definition) is 3. The van der Waals surface area contributed by atoms with E-state index in [9.17, 15) is 23.2 Å². The number of aromatic nitrogens is 1. The van der Waals surface area contributed by atoms with E-state index in [1.807, 2.05) is 30.3 Å². The van der Waals surface area contributed by atoms with Gasteiger partial charge in [0.05, 0.1) is 11.3 Å². The number of nitriles is 1. The molecule has 0 atom stereocenters. The average molecular weight is 367 g/mol. The fourth-order valence-electron chi connectivity index (χ4n) is 3.48. The number of halogens is 3. The number of fused-ring (bicyclic) bond motifs is 3. The molecule has 27 heavy (non-hydrogen) atoms. The van der Waals surface area contributed by atoms with Gasteiger partial charge in [-0.15, -0.1) is 0 Å². The molecule has 4 rings (SSSR count). The van der Waals surface area contributed by atoms with Crippen molar-refractivity contribution >= 4 is 5.82 Å². The molecule has 1 aliphatic carbocycles. The highest BCUT2D eigenvalue weighted by Crippen LogP contribution is 2.39. The Balaban J connectivity index is 1.97. The van der Waals surface area contributed by atoms with E-state index in [0.717, 1.165) is 27.8 Å². The van der Waals surface area contributed by atoms with Crippen LogP contribution in [0.2, 0.25) is 0 Å². The van der Waals surface area contributed by atoms with Crippen LogP contribution in [0.3, 0.4) is 0 Å². The van der Waals surface area contributed by atoms with E-state index in [2.05, 4.69) is 0 Å². The van der Waals surface area contributed by atoms with Crippen LogP contribution < -0.4 is 11.3 Å². The topological polar surface area (TPSA) is 71.8 Å². The van der Waals surface area contributed by atoms with E-state index in [1.165, 1.54) is 12.1 Å². The molecule has 0 unspecified atom stereocenters. The lowest BCUT2D eigenvalue weighted by atomic mass is 10.0. The van der Waals surface area contributed by atoms with Gasteiger partial charge in [-0.3, -0.25) is 9.36 Å². The van der Waals surface area contributed by atoms with Gasteiger partial charge < -0.3 is 5.73 Å². The van der Waals surface area contributed by atoms with E-state index in [-0.39, 0.29) is 17.1 Å². The van der Waals surface area contributed by atoms with Crippen molar-refractivity contribution in [3.05, 3.63) is 81.1 Å². The Kier molecular flexibility index (Phi) is 3.60. The van der Waals surface area contributed by atoms with Gasteiger partial charge >= 0.3 is 6.18 Å². The Hall–Kier alpha value is -3.53. The first-order valence-electron chi connectivity index (χ1n) is 8.06. The van der Waals surface area contributed by atoms with Crippen LogP contribution in [0.1, 0.15) is 22.3 Å². The number of nitrogens with two attached hydrogens (primary N) is 1. The van der Waals surface area contributed by atoms with E-state index >= 15 is 0 Å². The molecule has 0 fully saturated rings. The van der Waals surface area contributed by atoms with Gasteiger partial charge in [0.2, 0.25) is 0 Å². The molecular weight excluding hydrogens is 355 g/mol. The van der Waals surface area contributed by atoms with Gasteiger partial charge in [0.1, 0.15) is 17.5 Å². The van der Waals surface area contributed by atoms with E-state index in [1.54, 1.807) is 0 Å². The maximum absolute atomic E-state index is 13.1. The fraction of sp³-hybridized carbons (Fsp3) is 0.100. The van der Waals surface area contributed by atoms with Gasteiger partial charge in [-0.25, -0.2) is 0 Å². The number of alkyl halides is 3. The number of benzene rings is 2. The van der Waals surface area contributed by atoms with Crippen LogP contribution in [0, 0.1) is 11.3 Å². The zero-order valence-corrected chi connectivity index (χ0v) is 13.8. The summed E-state index contributed by atoms with van der Waals surface area (Å²) in [6.07, 6.45) is -4.13. The molecular formula is C20H12F3N3O. The Morgan fingerprint density at radius 1 is 1.07 bits per heavy atom. The van der Waals surface area contributed by atoms with Gasteiger partial charge in [0, 0.05) is 17.5 Å². The summed E-state index contributed by atoms with van der Waals surface area (Å²) >= 11 is 0. The fourth-order valence-corrected chi connectivity index (χ4v) is 3.48. The van der Waals surface area contributed by atoms with Gasteiger partial charge in [0.25, 0.3) is 5.56 Å². The third kappa shape index (κ3) is 2.49. The molecule has 0 aliphatic heterocycles. The van der Waals surface area contributed by atoms with Crippen LogP contribution in [0.5, 0.6) is 0 Å². The summed E-state index contributed by atoms with van der Waals surface area (Å²) in [4.78, 5) is 13.1. The minimum Gasteiger partial charge on any atom is -0.384 e. The summed E-state index contributed by atoms with van der Waals surface area (Å²) in [5.41, 5.74) is 7.79. The number of nitrogen functional groups attached to an aromatic ring is 1. The highest BCUT2D eigenvalue weighted by molar-refractivity contribution is 5.84. The van der Waals surface area contributed by atoms with Crippen molar-refractivity contribution in [1.82, 2.24) is 4.57 Å². The van der Waals surface area contributed by atoms with Gasteiger partial charge in [-0.05, 0) is 35.4 Å². The second-order valence-corrected chi connectivity index (χ2v) is 6.24.